The van der Waals surface area contributed by atoms with Crippen molar-refractivity contribution in [3.63, 3.8) is 0 Å². The lowest BCUT2D eigenvalue weighted by molar-refractivity contribution is 0.357. The van der Waals surface area contributed by atoms with E-state index >= 15 is 0 Å². The summed E-state index contributed by atoms with van der Waals surface area (Å²) in [7, 11) is 2.08. The van der Waals surface area contributed by atoms with E-state index in [2.05, 4.69) is 18.9 Å². The summed E-state index contributed by atoms with van der Waals surface area (Å²) in [6.45, 7) is 6.04. The number of rotatable bonds is 4. The third kappa shape index (κ3) is 3.40. The first kappa shape index (κ1) is 12.3. The van der Waals surface area contributed by atoms with Crippen LogP contribution in [0.25, 0.3) is 0 Å². The Morgan fingerprint density at radius 1 is 1.40 bits per heavy atom. The zero-order valence-corrected chi connectivity index (χ0v) is 10.3. The van der Waals surface area contributed by atoms with Crippen LogP contribution in [0.15, 0.2) is 12.1 Å². The quantitative estimate of drug-likeness (QED) is 0.855. The Morgan fingerprint density at radius 3 is 2.67 bits per heavy atom. The Balaban J connectivity index is 2.73. The Kier molecular flexibility index (Phi) is 4.43. The van der Waals surface area contributed by atoms with Crippen LogP contribution in [0, 0.1) is 6.92 Å². The molecular weight excluding hydrogens is 210 g/mol. The standard InChI is InChI=1S/C12H18ClNO/c1-4-14(3)6-5-10-7-9(2)12(15)8-11(10)13/h7-8,15H,4-6H2,1-3H3. The van der Waals surface area contributed by atoms with Crippen LogP contribution in [-0.4, -0.2) is 30.1 Å². The molecule has 0 aliphatic heterocycles. The molecule has 0 bridgehead atoms. The summed E-state index contributed by atoms with van der Waals surface area (Å²) in [6.07, 6.45) is 0.921. The van der Waals surface area contributed by atoms with Gasteiger partial charge in [0.1, 0.15) is 5.75 Å². The van der Waals surface area contributed by atoms with E-state index < -0.39 is 0 Å². The summed E-state index contributed by atoms with van der Waals surface area (Å²) in [5.41, 5.74) is 1.99. The predicted octanol–water partition coefficient (Wildman–Crippen LogP) is 2.85. The summed E-state index contributed by atoms with van der Waals surface area (Å²) in [4.78, 5) is 2.23. The Hall–Kier alpha value is -0.730. The highest BCUT2D eigenvalue weighted by Gasteiger charge is 2.05. The first-order valence-electron chi connectivity index (χ1n) is 5.21. The third-order valence-electron chi connectivity index (χ3n) is 2.67. The second kappa shape index (κ2) is 5.38. The SMILES string of the molecule is CCN(C)CCc1cc(C)c(O)cc1Cl. The largest absolute Gasteiger partial charge is 0.508 e. The number of benzene rings is 1. The highest BCUT2D eigenvalue weighted by molar-refractivity contribution is 6.31. The molecule has 0 aliphatic rings. The molecule has 2 nitrogen and oxygen atoms in total. The number of aryl methyl sites for hydroxylation is 1. The van der Waals surface area contributed by atoms with Crippen molar-refractivity contribution < 1.29 is 5.11 Å². The summed E-state index contributed by atoms with van der Waals surface area (Å²) < 4.78 is 0. The fourth-order valence-electron chi connectivity index (χ4n) is 1.39. The van der Waals surface area contributed by atoms with Crippen molar-refractivity contribution in [3.05, 3.63) is 28.3 Å². The van der Waals surface area contributed by atoms with Gasteiger partial charge in [-0.25, -0.2) is 0 Å². The van der Waals surface area contributed by atoms with Gasteiger partial charge in [0, 0.05) is 11.6 Å². The highest BCUT2D eigenvalue weighted by Crippen LogP contribution is 2.26. The van der Waals surface area contributed by atoms with Crippen molar-refractivity contribution in [1.29, 1.82) is 0 Å². The van der Waals surface area contributed by atoms with Gasteiger partial charge in [-0.3, -0.25) is 0 Å². The lowest BCUT2D eigenvalue weighted by Crippen LogP contribution is -2.20. The average molecular weight is 228 g/mol. The molecule has 0 saturated carbocycles. The van der Waals surface area contributed by atoms with Crippen LogP contribution < -0.4 is 0 Å². The van der Waals surface area contributed by atoms with Crippen LogP contribution >= 0.6 is 11.6 Å². The van der Waals surface area contributed by atoms with Gasteiger partial charge in [-0.05, 0) is 44.1 Å². The number of aromatic hydroxyl groups is 1. The topological polar surface area (TPSA) is 23.5 Å². The van der Waals surface area contributed by atoms with Gasteiger partial charge in [0.05, 0.1) is 0 Å². The molecule has 0 atom stereocenters. The lowest BCUT2D eigenvalue weighted by Gasteiger charge is -2.14. The summed E-state index contributed by atoms with van der Waals surface area (Å²) in [6, 6.07) is 3.58. The molecule has 0 fully saturated rings. The van der Waals surface area contributed by atoms with Crippen LogP contribution in [0.1, 0.15) is 18.1 Å². The average Bonchev–Trinajstić information content (AvgIpc) is 2.21. The number of hydrogen-bond acceptors (Lipinski definition) is 2. The monoisotopic (exact) mass is 227 g/mol. The van der Waals surface area contributed by atoms with E-state index in [-0.39, 0.29) is 5.75 Å². The molecule has 0 radical (unpaired) electrons. The zero-order valence-electron chi connectivity index (χ0n) is 9.55. The van der Waals surface area contributed by atoms with Crippen molar-refractivity contribution in [3.8, 4) is 5.75 Å². The maximum atomic E-state index is 9.45. The fraction of sp³-hybridized carbons (Fsp3) is 0.500. The van der Waals surface area contributed by atoms with Gasteiger partial charge >= 0.3 is 0 Å². The van der Waals surface area contributed by atoms with Gasteiger partial charge < -0.3 is 10.0 Å². The van der Waals surface area contributed by atoms with Gasteiger partial charge in [-0.1, -0.05) is 24.6 Å². The molecule has 0 heterocycles. The molecule has 1 rings (SSSR count). The molecule has 3 heteroatoms. The van der Waals surface area contributed by atoms with Crippen molar-refractivity contribution >= 4 is 11.6 Å². The number of likely N-dealkylation sites (N-methyl/N-ethyl adjacent to an activating group) is 1. The predicted molar refractivity (Wildman–Crippen MR) is 64.7 cm³/mol. The van der Waals surface area contributed by atoms with E-state index in [0.29, 0.717) is 5.02 Å². The minimum absolute atomic E-state index is 0.271. The smallest absolute Gasteiger partial charge is 0.119 e. The summed E-state index contributed by atoms with van der Waals surface area (Å²) in [5.74, 6) is 0.271. The van der Waals surface area contributed by atoms with E-state index in [9.17, 15) is 5.11 Å². The van der Waals surface area contributed by atoms with Crippen LogP contribution in [0.3, 0.4) is 0 Å². The molecular formula is C12H18ClNO. The molecule has 0 aromatic heterocycles. The van der Waals surface area contributed by atoms with Crippen LogP contribution in [-0.2, 0) is 6.42 Å². The molecule has 1 N–H and O–H groups in total. The van der Waals surface area contributed by atoms with E-state index in [1.165, 1.54) is 0 Å². The van der Waals surface area contributed by atoms with Gasteiger partial charge in [-0.2, -0.15) is 0 Å². The number of nitrogens with zero attached hydrogens (tertiary/aromatic N) is 1. The van der Waals surface area contributed by atoms with E-state index in [1.54, 1.807) is 6.07 Å². The van der Waals surface area contributed by atoms with E-state index in [0.717, 1.165) is 30.6 Å². The summed E-state index contributed by atoms with van der Waals surface area (Å²) >= 11 is 6.05. The molecule has 15 heavy (non-hydrogen) atoms. The first-order valence-corrected chi connectivity index (χ1v) is 5.59. The van der Waals surface area contributed by atoms with Gasteiger partial charge in [0.15, 0.2) is 0 Å². The minimum Gasteiger partial charge on any atom is -0.508 e. The number of phenolic OH excluding ortho intramolecular Hbond substituents is 1. The molecule has 0 spiro atoms. The van der Waals surface area contributed by atoms with E-state index in [4.69, 9.17) is 11.6 Å². The van der Waals surface area contributed by atoms with Crippen LogP contribution in [0.4, 0.5) is 0 Å². The van der Waals surface area contributed by atoms with Crippen LogP contribution in [0.5, 0.6) is 5.75 Å². The zero-order chi connectivity index (χ0) is 11.4. The second-order valence-corrected chi connectivity index (χ2v) is 4.28. The van der Waals surface area contributed by atoms with Gasteiger partial charge in [-0.15, -0.1) is 0 Å². The number of halogens is 1. The second-order valence-electron chi connectivity index (χ2n) is 3.88. The lowest BCUT2D eigenvalue weighted by atomic mass is 10.1. The molecule has 0 unspecified atom stereocenters. The van der Waals surface area contributed by atoms with Crippen molar-refractivity contribution in [2.45, 2.75) is 20.3 Å². The molecule has 0 saturated heterocycles. The van der Waals surface area contributed by atoms with Crippen molar-refractivity contribution in [1.82, 2.24) is 4.90 Å². The van der Waals surface area contributed by atoms with Crippen molar-refractivity contribution in [2.75, 3.05) is 20.1 Å². The van der Waals surface area contributed by atoms with Gasteiger partial charge in [0.2, 0.25) is 0 Å². The van der Waals surface area contributed by atoms with Crippen LogP contribution in [0.2, 0.25) is 5.02 Å². The third-order valence-corrected chi connectivity index (χ3v) is 3.02. The number of phenols is 1. The van der Waals surface area contributed by atoms with E-state index in [1.807, 2.05) is 13.0 Å². The molecule has 84 valence electrons. The van der Waals surface area contributed by atoms with Gasteiger partial charge in [0.25, 0.3) is 0 Å². The minimum atomic E-state index is 0.271. The molecule has 1 aromatic carbocycles. The number of hydrogen-bond donors (Lipinski definition) is 1. The Labute approximate surface area is 96.5 Å². The molecule has 0 aliphatic carbocycles. The molecule has 0 amide bonds. The molecule has 1 aromatic rings. The fourth-order valence-corrected chi connectivity index (χ4v) is 1.64. The maximum absolute atomic E-state index is 9.45. The summed E-state index contributed by atoms with van der Waals surface area (Å²) in [5, 5.41) is 10.1. The highest BCUT2D eigenvalue weighted by atomic mass is 35.5. The van der Waals surface area contributed by atoms with Crippen molar-refractivity contribution in [2.24, 2.45) is 0 Å². The normalized spacial score (nSPS) is 11.0. The first-order chi connectivity index (χ1) is 7.04. The Morgan fingerprint density at radius 2 is 2.07 bits per heavy atom. The Bertz CT molecular complexity index is 339. The maximum Gasteiger partial charge on any atom is 0.119 e.